The number of aromatic nitrogens is 1. The number of hydrogen-bond acceptors (Lipinski definition) is 5. The van der Waals surface area contributed by atoms with Gasteiger partial charge in [-0.3, -0.25) is 9.52 Å². The van der Waals surface area contributed by atoms with Crippen LogP contribution in [0, 0.1) is 5.92 Å². The number of hydrogen-bond donors (Lipinski definition) is 2. The van der Waals surface area contributed by atoms with Crippen molar-refractivity contribution < 1.29 is 18.3 Å². The van der Waals surface area contributed by atoms with Crippen LogP contribution in [0.2, 0.25) is 0 Å². The molecule has 0 atom stereocenters. The van der Waals surface area contributed by atoms with Gasteiger partial charge >= 0.3 is 5.97 Å². The second kappa shape index (κ2) is 6.14. The smallest absolute Gasteiger partial charge is 0.309 e. The van der Waals surface area contributed by atoms with Crippen LogP contribution in [0.25, 0.3) is 0 Å². The lowest BCUT2D eigenvalue weighted by Gasteiger charge is -2.06. The lowest BCUT2D eigenvalue weighted by molar-refractivity contribution is -0.136. The lowest BCUT2D eigenvalue weighted by Crippen LogP contribution is -2.17. The summed E-state index contributed by atoms with van der Waals surface area (Å²) in [6, 6.07) is 0. The number of carboxylic acids is 1. The molecule has 0 aromatic carbocycles. The first kappa shape index (κ1) is 14.9. The Balaban J connectivity index is 2.61. The molecule has 1 heterocycles. The molecule has 0 aliphatic rings. The molecular formula is C10H16N2O4S2. The van der Waals surface area contributed by atoms with Crippen LogP contribution in [-0.2, 0) is 21.2 Å². The molecule has 0 fully saturated rings. The Labute approximate surface area is 110 Å². The highest BCUT2D eigenvalue weighted by atomic mass is 32.2. The van der Waals surface area contributed by atoms with Gasteiger partial charge in [-0.05, 0) is 12.3 Å². The van der Waals surface area contributed by atoms with Crippen molar-refractivity contribution in [3.05, 3.63) is 11.1 Å². The van der Waals surface area contributed by atoms with Crippen molar-refractivity contribution in [2.24, 2.45) is 5.92 Å². The van der Waals surface area contributed by atoms with Gasteiger partial charge in [0.15, 0.2) is 5.13 Å². The first-order chi connectivity index (χ1) is 8.28. The van der Waals surface area contributed by atoms with E-state index in [1.165, 1.54) is 5.38 Å². The Morgan fingerprint density at radius 2 is 2.22 bits per heavy atom. The molecule has 8 heteroatoms. The molecule has 6 nitrogen and oxygen atoms in total. The van der Waals surface area contributed by atoms with Crippen molar-refractivity contribution in [2.75, 3.05) is 10.5 Å². The van der Waals surface area contributed by atoms with Crippen LogP contribution >= 0.6 is 11.3 Å². The number of nitrogens with one attached hydrogen (secondary N) is 1. The quantitative estimate of drug-likeness (QED) is 0.795. The maximum absolute atomic E-state index is 11.7. The predicted molar refractivity (Wildman–Crippen MR) is 70.3 cm³/mol. The number of carbonyl (C=O) groups is 1. The van der Waals surface area contributed by atoms with Gasteiger partial charge in [0.2, 0.25) is 10.0 Å². The molecule has 0 amide bonds. The van der Waals surface area contributed by atoms with Crippen molar-refractivity contribution >= 4 is 32.5 Å². The predicted octanol–water partition coefficient (Wildman–Crippen LogP) is 1.56. The van der Waals surface area contributed by atoms with E-state index in [-0.39, 0.29) is 17.3 Å². The number of nitrogens with zero attached hydrogens (tertiary/aromatic N) is 1. The molecule has 0 radical (unpaired) electrons. The van der Waals surface area contributed by atoms with Crippen LogP contribution in [0.5, 0.6) is 0 Å². The summed E-state index contributed by atoms with van der Waals surface area (Å²) in [7, 11) is -3.39. The molecule has 1 aromatic heterocycles. The standard InChI is InChI=1S/C10H16N2O4S2/c1-7(2)3-4-18(15,16)12-10-11-8(6-17-10)5-9(13)14/h6-7H,3-5H2,1-2H3,(H,11,12)(H,13,14). The molecule has 0 saturated carbocycles. The molecule has 18 heavy (non-hydrogen) atoms. The van der Waals surface area contributed by atoms with Crippen molar-refractivity contribution in [3.63, 3.8) is 0 Å². The van der Waals surface area contributed by atoms with Gasteiger partial charge in [0.1, 0.15) is 0 Å². The van der Waals surface area contributed by atoms with Gasteiger partial charge in [-0.15, -0.1) is 11.3 Å². The van der Waals surface area contributed by atoms with E-state index in [0.29, 0.717) is 18.0 Å². The zero-order chi connectivity index (χ0) is 13.8. The van der Waals surface area contributed by atoms with Crippen LogP contribution < -0.4 is 4.72 Å². The van der Waals surface area contributed by atoms with Crippen molar-refractivity contribution in [3.8, 4) is 0 Å². The summed E-state index contributed by atoms with van der Waals surface area (Å²) in [5.74, 6) is -0.645. The van der Waals surface area contributed by atoms with Gasteiger partial charge in [-0.1, -0.05) is 13.8 Å². The number of carboxylic acid groups (broad SMARTS) is 1. The Morgan fingerprint density at radius 3 is 2.78 bits per heavy atom. The highest BCUT2D eigenvalue weighted by Gasteiger charge is 2.14. The lowest BCUT2D eigenvalue weighted by atomic mass is 10.2. The van der Waals surface area contributed by atoms with E-state index in [2.05, 4.69) is 9.71 Å². The zero-order valence-corrected chi connectivity index (χ0v) is 11.8. The molecule has 2 N–H and O–H groups in total. The van der Waals surface area contributed by atoms with E-state index >= 15 is 0 Å². The average molecular weight is 292 g/mol. The van der Waals surface area contributed by atoms with Crippen molar-refractivity contribution in [1.29, 1.82) is 0 Å². The fraction of sp³-hybridized carbons (Fsp3) is 0.600. The van der Waals surface area contributed by atoms with Gasteiger partial charge in [-0.25, -0.2) is 13.4 Å². The maximum Gasteiger partial charge on any atom is 0.309 e. The maximum atomic E-state index is 11.7. The molecule has 1 aromatic rings. The van der Waals surface area contributed by atoms with Crippen LogP contribution in [0.3, 0.4) is 0 Å². The Bertz CT molecular complexity index is 508. The number of thiazole rings is 1. The molecular weight excluding hydrogens is 276 g/mol. The van der Waals surface area contributed by atoms with Crippen LogP contribution in [-0.4, -0.2) is 30.2 Å². The minimum atomic E-state index is -3.39. The number of sulfonamides is 1. The fourth-order valence-electron chi connectivity index (χ4n) is 1.16. The van der Waals surface area contributed by atoms with Gasteiger partial charge in [0, 0.05) is 5.38 Å². The summed E-state index contributed by atoms with van der Waals surface area (Å²) in [6.45, 7) is 3.90. The van der Waals surface area contributed by atoms with E-state index in [0.717, 1.165) is 11.3 Å². The molecule has 0 aliphatic carbocycles. The van der Waals surface area contributed by atoms with Crippen LogP contribution in [0.4, 0.5) is 5.13 Å². The highest BCUT2D eigenvalue weighted by Crippen LogP contribution is 2.18. The van der Waals surface area contributed by atoms with E-state index < -0.39 is 16.0 Å². The molecule has 102 valence electrons. The highest BCUT2D eigenvalue weighted by molar-refractivity contribution is 7.92. The minimum absolute atomic E-state index is 0.0402. The Kier molecular flexibility index (Phi) is 5.09. The van der Waals surface area contributed by atoms with Crippen molar-refractivity contribution in [1.82, 2.24) is 4.98 Å². The largest absolute Gasteiger partial charge is 0.481 e. The monoisotopic (exact) mass is 292 g/mol. The molecule has 0 saturated heterocycles. The minimum Gasteiger partial charge on any atom is -0.481 e. The summed E-state index contributed by atoms with van der Waals surface area (Å²) in [5.41, 5.74) is 0.356. The number of aliphatic carboxylic acids is 1. The summed E-state index contributed by atoms with van der Waals surface area (Å²) in [5, 5.41) is 10.3. The molecule has 0 bridgehead atoms. The fourth-order valence-corrected chi connectivity index (χ4v) is 3.49. The molecule has 0 unspecified atom stereocenters. The van der Waals surface area contributed by atoms with Crippen molar-refractivity contribution in [2.45, 2.75) is 26.7 Å². The van der Waals surface area contributed by atoms with E-state index in [9.17, 15) is 13.2 Å². The third-order valence-corrected chi connectivity index (χ3v) is 4.30. The second-order valence-corrected chi connectivity index (χ2v) is 7.02. The first-order valence-electron chi connectivity index (χ1n) is 5.45. The molecule has 1 rings (SSSR count). The molecule has 0 aliphatic heterocycles. The third-order valence-electron chi connectivity index (χ3n) is 2.09. The molecule has 0 spiro atoms. The van der Waals surface area contributed by atoms with Gasteiger partial charge in [0.25, 0.3) is 0 Å². The second-order valence-electron chi connectivity index (χ2n) is 4.32. The topological polar surface area (TPSA) is 96.4 Å². The van der Waals surface area contributed by atoms with Gasteiger partial charge in [0.05, 0.1) is 17.9 Å². The Hall–Kier alpha value is -1.15. The summed E-state index contributed by atoms with van der Waals surface area (Å²) < 4.78 is 25.7. The van der Waals surface area contributed by atoms with Gasteiger partial charge < -0.3 is 5.11 Å². The van der Waals surface area contributed by atoms with E-state index in [4.69, 9.17) is 5.11 Å². The van der Waals surface area contributed by atoms with Crippen LogP contribution in [0.15, 0.2) is 5.38 Å². The number of anilines is 1. The zero-order valence-electron chi connectivity index (χ0n) is 10.2. The van der Waals surface area contributed by atoms with E-state index in [1.807, 2.05) is 13.8 Å². The third kappa shape index (κ3) is 5.46. The summed E-state index contributed by atoms with van der Waals surface area (Å²) in [4.78, 5) is 14.4. The Morgan fingerprint density at radius 1 is 1.56 bits per heavy atom. The first-order valence-corrected chi connectivity index (χ1v) is 7.98. The van der Waals surface area contributed by atoms with Gasteiger partial charge in [-0.2, -0.15) is 0 Å². The van der Waals surface area contributed by atoms with Crippen LogP contribution in [0.1, 0.15) is 26.0 Å². The normalized spacial score (nSPS) is 11.7. The summed E-state index contributed by atoms with van der Waals surface area (Å²) >= 11 is 1.09. The number of rotatable bonds is 7. The average Bonchev–Trinajstić information content (AvgIpc) is 2.61. The SMILES string of the molecule is CC(C)CCS(=O)(=O)Nc1nc(CC(=O)O)cs1. The summed E-state index contributed by atoms with van der Waals surface area (Å²) in [6.07, 6.45) is 0.368. The van der Waals surface area contributed by atoms with E-state index in [1.54, 1.807) is 0 Å².